The molecule has 4 aromatic rings. The third kappa shape index (κ3) is 1.37. The van der Waals surface area contributed by atoms with E-state index < -0.39 is 0 Å². The summed E-state index contributed by atoms with van der Waals surface area (Å²) >= 11 is 3.49. The van der Waals surface area contributed by atoms with E-state index >= 15 is 0 Å². The molecule has 0 radical (unpaired) electrons. The normalized spacial score (nSPS) is 11.6. The molecule has 0 atom stereocenters. The molecule has 0 aliphatic rings. The number of para-hydroxylation sites is 1. The Bertz CT molecular complexity index is 893. The highest BCUT2D eigenvalue weighted by Crippen LogP contribution is 2.28. The maximum atomic E-state index is 4.67. The minimum absolute atomic E-state index is 0.946. The zero-order chi connectivity index (χ0) is 12.1. The van der Waals surface area contributed by atoms with Crippen molar-refractivity contribution >= 4 is 48.8 Å². The summed E-state index contributed by atoms with van der Waals surface area (Å²) in [6, 6.07) is 16.7. The molecule has 18 heavy (non-hydrogen) atoms. The Morgan fingerprint density at radius 2 is 1.83 bits per heavy atom. The van der Waals surface area contributed by atoms with Crippen molar-refractivity contribution in [3.63, 3.8) is 0 Å². The standard InChI is InChI=1S/C15H9BrN2/c16-10-5-6-11-12-7-9-3-1-2-4-13(9)17-15(12)18-14(11)8-10/h1-8H,(H,17,18). The van der Waals surface area contributed by atoms with Crippen LogP contribution in [0.1, 0.15) is 0 Å². The first-order chi connectivity index (χ1) is 8.81. The monoisotopic (exact) mass is 296 g/mol. The first-order valence-corrected chi connectivity index (χ1v) is 6.57. The van der Waals surface area contributed by atoms with Crippen molar-refractivity contribution in [1.82, 2.24) is 9.97 Å². The Hall–Kier alpha value is -1.87. The van der Waals surface area contributed by atoms with Gasteiger partial charge in [0.1, 0.15) is 5.65 Å². The minimum Gasteiger partial charge on any atom is -0.339 e. The molecule has 0 saturated carbocycles. The van der Waals surface area contributed by atoms with Gasteiger partial charge in [-0.25, -0.2) is 4.98 Å². The summed E-state index contributed by atoms with van der Waals surface area (Å²) in [7, 11) is 0. The maximum Gasteiger partial charge on any atom is 0.139 e. The molecule has 0 fully saturated rings. The van der Waals surface area contributed by atoms with Crippen LogP contribution in [0.3, 0.4) is 0 Å². The van der Waals surface area contributed by atoms with Crippen LogP contribution in [-0.4, -0.2) is 9.97 Å². The van der Waals surface area contributed by atoms with Crippen molar-refractivity contribution in [2.24, 2.45) is 0 Å². The van der Waals surface area contributed by atoms with Crippen molar-refractivity contribution < 1.29 is 0 Å². The van der Waals surface area contributed by atoms with Gasteiger partial charge in [-0.05, 0) is 24.3 Å². The van der Waals surface area contributed by atoms with E-state index in [1.807, 2.05) is 18.2 Å². The van der Waals surface area contributed by atoms with Gasteiger partial charge in [-0.2, -0.15) is 0 Å². The lowest BCUT2D eigenvalue weighted by molar-refractivity contribution is 1.40. The first kappa shape index (κ1) is 10.1. The van der Waals surface area contributed by atoms with Crippen LogP contribution in [0.5, 0.6) is 0 Å². The molecule has 2 heterocycles. The second-order valence-corrected chi connectivity index (χ2v) is 5.31. The van der Waals surface area contributed by atoms with Crippen molar-refractivity contribution in [2.45, 2.75) is 0 Å². The number of aromatic amines is 1. The Balaban J connectivity index is 2.23. The van der Waals surface area contributed by atoms with Gasteiger partial charge in [0.25, 0.3) is 0 Å². The van der Waals surface area contributed by atoms with Gasteiger partial charge in [-0.3, -0.25) is 0 Å². The Kier molecular flexibility index (Phi) is 2.00. The molecule has 0 aliphatic carbocycles. The van der Waals surface area contributed by atoms with Gasteiger partial charge in [0.05, 0.1) is 5.52 Å². The topological polar surface area (TPSA) is 28.7 Å². The van der Waals surface area contributed by atoms with E-state index in [0.717, 1.165) is 21.2 Å². The Morgan fingerprint density at radius 1 is 0.944 bits per heavy atom. The molecule has 86 valence electrons. The molecule has 1 N–H and O–H groups in total. The molecule has 2 aromatic carbocycles. The van der Waals surface area contributed by atoms with Crippen LogP contribution in [0.4, 0.5) is 0 Å². The van der Waals surface area contributed by atoms with E-state index in [4.69, 9.17) is 0 Å². The van der Waals surface area contributed by atoms with Crippen LogP contribution in [0.25, 0.3) is 32.8 Å². The second-order valence-electron chi connectivity index (χ2n) is 4.39. The van der Waals surface area contributed by atoms with E-state index in [1.54, 1.807) is 0 Å². The molecule has 0 unspecified atom stereocenters. The molecule has 2 nitrogen and oxygen atoms in total. The number of nitrogens with zero attached hydrogens (tertiary/aromatic N) is 1. The molecule has 2 aromatic heterocycles. The van der Waals surface area contributed by atoms with Crippen molar-refractivity contribution in [3.8, 4) is 0 Å². The van der Waals surface area contributed by atoms with Crippen LogP contribution in [0.15, 0.2) is 53.0 Å². The maximum absolute atomic E-state index is 4.67. The highest BCUT2D eigenvalue weighted by molar-refractivity contribution is 9.10. The van der Waals surface area contributed by atoms with E-state index in [9.17, 15) is 0 Å². The molecule has 0 amide bonds. The number of hydrogen-bond acceptors (Lipinski definition) is 1. The quantitative estimate of drug-likeness (QED) is 0.503. The molecule has 0 spiro atoms. The predicted molar refractivity (Wildman–Crippen MR) is 78.8 cm³/mol. The van der Waals surface area contributed by atoms with Gasteiger partial charge >= 0.3 is 0 Å². The number of aromatic nitrogens is 2. The average molecular weight is 297 g/mol. The third-order valence-electron chi connectivity index (χ3n) is 3.25. The average Bonchev–Trinajstić information content (AvgIpc) is 2.72. The zero-order valence-corrected chi connectivity index (χ0v) is 11.0. The summed E-state index contributed by atoms with van der Waals surface area (Å²) in [4.78, 5) is 8.04. The van der Waals surface area contributed by atoms with Gasteiger partial charge in [0.2, 0.25) is 0 Å². The van der Waals surface area contributed by atoms with Crippen LogP contribution >= 0.6 is 15.9 Å². The minimum atomic E-state index is 0.946. The Morgan fingerprint density at radius 3 is 2.78 bits per heavy atom. The largest absolute Gasteiger partial charge is 0.339 e. The lowest BCUT2D eigenvalue weighted by Crippen LogP contribution is -1.79. The SMILES string of the molecule is Brc1ccc2c(c1)[nH]c1nc3ccccc3cc12. The fraction of sp³-hybridized carbons (Fsp3) is 0. The van der Waals surface area contributed by atoms with E-state index in [-0.39, 0.29) is 0 Å². The van der Waals surface area contributed by atoms with Crippen molar-refractivity contribution in [2.75, 3.05) is 0 Å². The smallest absolute Gasteiger partial charge is 0.139 e. The van der Waals surface area contributed by atoms with Crippen molar-refractivity contribution in [1.29, 1.82) is 0 Å². The van der Waals surface area contributed by atoms with Gasteiger partial charge in [0.15, 0.2) is 0 Å². The molecule has 4 rings (SSSR count). The highest BCUT2D eigenvalue weighted by Gasteiger charge is 2.06. The molecule has 0 aliphatic heterocycles. The lowest BCUT2D eigenvalue weighted by atomic mass is 10.1. The summed E-state index contributed by atoms with van der Waals surface area (Å²) < 4.78 is 1.08. The van der Waals surface area contributed by atoms with Crippen LogP contribution in [-0.2, 0) is 0 Å². The molecule has 0 saturated heterocycles. The van der Waals surface area contributed by atoms with Gasteiger partial charge in [0, 0.05) is 26.1 Å². The van der Waals surface area contributed by atoms with E-state index in [0.29, 0.717) is 0 Å². The lowest BCUT2D eigenvalue weighted by Gasteiger charge is -1.96. The number of nitrogens with one attached hydrogen (secondary N) is 1. The van der Waals surface area contributed by atoms with Gasteiger partial charge in [-0.15, -0.1) is 0 Å². The molecule has 3 heteroatoms. The summed E-state index contributed by atoms with van der Waals surface area (Å²) in [5.74, 6) is 0. The van der Waals surface area contributed by atoms with E-state index in [1.165, 1.54) is 16.2 Å². The summed E-state index contributed by atoms with van der Waals surface area (Å²) in [5, 5.41) is 3.57. The zero-order valence-electron chi connectivity index (χ0n) is 9.44. The predicted octanol–water partition coefficient (Wildman–Crippen LogP) is 4.63. The number of hydrogen-bond donors (Lipinski definition) is 1. The van der Waals surface area contributed by atoms with Crippen molar-refractivity contribution in [3.05, 3.63) is 53.0 Å². The van der Waals surface area contributed by atoms with Gasteiger partial charge < -0.3 is 4.98 Å². The number of rotatable bonds is 0. The van der Waals surface area contributed by atoms with Gasteiger partial charge in [-0.1, -0.05) is 40.2 Å². The molecular formula is C15H9BrN2. The number of halogens is 1. The summed E-state index contributed by atoms with van der Waals surface area (Å²) in [6.45, 7) is 0. The number of fused-ring (bicyclic) bond motifs is 4. The Labute approximate surface area is 112 Å². The van der Waals surface area contributed by atoms with Crippen LogP contribution in [0.2, 0.25) is 0 Å². The van der Waals surface area contributed by atoms with E-state index in [2.05, 4.69) is 56.2 Å². The highest BCUT2D eigenvalue weighted by atomic mass is 79.9. The molecular weight excluding hydrogens is 288 g/mol. The summed E-state index contributed by atoms with van der Waals surface area (Å²) in [5.41, 5.74) is 3.08. The van der Waals surface area contributed by atoms with Crippen LogP contribution in [0, 0.1) is 0 Å². The third-order valence-corrected chi connectivity index (χ3v) is 3.74. The fourth-order valence-corrected chi connectivity index (χ4v) is 2.76. The number of H-pyrrole nitrogens is 1. The molecule has 0 bridgehead atoms. The first-order valence-electron chi connectivity index (χ1n) is 5.78. The number of pyridine rings is 1. The number of benzene rings is 2. The van der Waals surface area contributed by atoms with Crippen LogP contribution < -0.4 is 0 Å². The summed E-state index contributed by atoms with van der Waals surface area (Å²) in [6.07, 6.45) is 0. The second kappa shape index (κ2) is 3.56. The fourth-order valence-electron chi connectivity index (χ4n) is 2.40.